The first kappa shape index (κ1) is 23.2. The van der Waals surface area contributed by atoms with Gasteiger partial charge in [0, 0.05) is 41.4 Å². The maximum absolute atomic E-state index is 13.0. The van der Waals surface area contributed by atoms with Gasteiger partial charge >= 0.3 is 0 Å². The van der Waals surface area contributed by atoms with Crippen molar-refractivity contribution in [2.24, 2.45) is 11.8 Å². The van der Waals surface area contributed by atoms with Crippen molar-refractivity contribution in [3.63, 3.8) is 0 Å². The van der Waals surface area contributed by atoms with Crippen molar-refractivity contribution in [3.8, 4) is 0 Å². The zero-order chi connectivity index (χ0) is 24.8. The molecule has 36 heavy (non-hydrogen) atoms. The van der Waals surface area contributed by atoms with Crippen LogP contribution < -0.4 is 10.6 Å². The lowest BCUT2D eigenvalue weighted by molar-refractivity contribution is -0.136. The minimum atomic E-state index is -0.625. The molecule has 9 heteroatoms. The summed E-state index contributed by atoms with van der Waals surface area (Å²) in [7, 11) is 0. The van der Waals surface area contributed by atoms with Crippen molar-refractivity contribution in [2.45, 2.75) is 67.8 Å². The van der Waals surface area contributed by atoms with Crippen molar-refractivity contribution in [3.05, 3.63) is 58.9 Å². The van der Waals surface area contributed by atoms with Gasteiger partial charge in [0.15, 0.2) is 0 Å². The molecule has 4 aliphatic rings. The second-order valence-corrected chi connectivity index (χ2v) is 11.3. The Hall–Kier alpha value is -3.20. The van der Waals surface area contributed by atoms with Crippen LogP contribution in [0.2, 0.25) is 0 Å². The SMILES string of the molecule is O=C1CCC(N2Cc3c(SCc4ccc(C(=O)NC5CC6CCC5C6)cn4)cccc3C2=O)C(=O)N1. The van der Waals surface area contributed by atoms with E-state index in [-0.39, 0.29) is 24.1 Å². The summed E-state index contributed by atoms with van der Waals surface area (Å²) in [6.07, 6.45) is 7.10. The molecule has 2 bridgehead atoms. The number of hydrogen-bond donors (Lipinski definition) is 2. The molecule has 2 aliphatic heterocycles. The molecule has 2 aliphatic carbocycles. The smallest absolute Gasteiger partial charge is 0.255 e. The van der Waals surface area contributed by atoms with E-state index in [1.807, 2.05) is 24.3 Å². The van der Waals surface area contributed by atoms with Crippen LogP contribution in [0, 0.1) is 11.8 Å². The molecule has 0 radical (unpaired) electrons. The molecule has 3 heterocycles. The summed E-state index contributed by atoms with van der Waals surface area (Å²) in [4.78, 5) is 56.6. The Labute approximate surface area is 213 Å². The Morgan fingerprint density at radius 2 is 2.00 bits per heavy atom. The van der Waals surface area contributed by atoms with E-state index >= 15 is 0 Å². The van der Waals surface area contributed by atoms with E-state index in [1.54, 1.807) is 28.9 Å². The van der Waals surface area contributed by atoms with E-state index in [2.05, 4.69) is 15.6 Å². The van der Waals surface area contributed by atoms with E-state index in [9.17, 15) is 19.2 Å². The van der Waals surface area contributed by atoms with Crippen molar-refractivity contribution < 1.29 is 19.2 Å². The number of benzene rings is 1. The molecular formula is C27H28N4O4S. The molecule has 8 nitrogen and oxygen atoms in total. The van der Waals surface area contributed by atoms with Gasteiger partial charge in [-0.1, -0.05) is 12.5 Å². The fraction of sp³-hybridized carbons (Fsp3) is 0.444. The van der Waals surface area contributed by atoms with Crippen LogP contribution in [0.15, 0.2) is 41.4 Å². The standard InChI is InChI=1S/C27H28N4O4S/c32-24-9-8-22(26(34)30-24)31-13-20-19(27(31)35)2-1-3-23(20)36-14-18-7-6-17(12-28-18)25(33)29-21-11-15-4-5-16(21)10-15/h1-3,6-7,12,15-16,21-22H,4-5,8-11,13-14H2,(H,29,33)(H,30,32,34). The Morgan fingerprint density at radius 1 is 1.11 bits per heavy atom. The average Bonchev–Trinajstić information content (AvgIpc) is 3.58. The lowest BCUT2D eigenvalue weighted by Crippen LogP contribution is -2.52. The van der Waals surface area contributed by atoms with Crippen molar-refractivity contribution in [1.82, 2.24) is 20.5 Å². The first-order valence-electron chi connectivity index (χ1n) is 12.6. The van der Waals surface area contributed by atoms with Crippen LogP contribution in [0.5, 0.6) is 0 Å². The number of amides is 4. The van der Waals surface area contributed by atoms with Gasteiger partial charge in [-0.05, 0) is 67.3 Å². The summed E-state index contributed by atoms with van der Waals surface area (Å²) < 4.78 is 0. The fourth-order valence-corrected chi connectivity index (χ4v) is 7.16. The summed E-state index contributed by atoms with van der Waals surface area (Å²) in [5.41, 5.74) is 2.93. The average molecular weight is 505 g/mol. The molecule has 3 fully saturated rings. The predicted molar refractivity (Wildman–Crippen MR) is 133 cm³/mol. The van der Waals surface area contributed by atoms with Crippen LogP contribution in [-0.4, -0.2) is 45.6 Å². The second-order valence-electron chi connectivity index (χ2n) is 10.3. The molecule has 4 unspecified atom stereocenters. The lowest BCUT2D eigenvalue weighted by atomic mass is 9.95. The maximum Gasteiger partial charge on any atom is 0.255 e. The van der Waals surface area contributed by atoms with Crippen LogP contribution >= 0.6 is 11.8 Å². The number of thioether (sulfide) groups is 1. The number of fused-ring (bicyclic) bond motifs is 3. The summed E-state index contributed by atoms with van der Waals surface area (Å²) in [6, 6.07) is 9.00. The van der Waals surface area contributed by atoms with Crippen molar-refractivity contribution in [2.75, 3.05) is 0 Å². The van der Waals surface area contributed by atoms with Gasteiger partial charge in [-0.2, -0.15) is 0 Å². The molecule has 4 atom stereocenters. The summed E-state index contributed by atoms with van der Waals surface area (Å²) in [5, 5.41) is 5.55. The normalized spacial score (nSPS) is 26.8. The zero-order valence-electron chi connectivity index (χ0n) is 19.9. The number of nitrogens with one attached hydrogen (secondary N) is 2. The van der Waals surface area contributed by atoms with Gasteiger partial charge in [-0.25, -0.2) is 0 Å². The number of nitrogens with zero attached hydrogens (tertiary/aromatic N) is 2. The van der Waals surface area contributed by atoms with E-state index < -0.39 is 11.9 Å². The minimum absolute atomic E-state index is 0.0489. The van der Waals surface area contributed by atoms with Crippen LogP contribution in [0.1, 0.15) is 70.5 Å². The van der Waals surface area contributed by atoms with Crippen molar-refractivity contribution >= 4 is 35.4 Å². The molecule has 186 valence electrons. The molecule has 4 amide bonds. The molecule has 0 spiro atoms. The Bertz CT molecular complexity index is 1250. The third-order valence-electron chi connectivity index (χ3n) is 8.06. The minimum Gasteiger partial charge on any atom is -0.349 e. The Morgan fingerprint density at radius 3 is 2.72 bits per heavy atom. The van der Waals surface area contributed by atoms with Gasteiger partial charge in [-0.15, -0.1) is 11.8 Å². The van der Waals surface area contributed by atoms with Crippen LogP contribution in [0.4, 0.5) is 0 Å². The van der Waals surface area contributed by atoms with E-state index in [0.29, 0.717) is 41.8 Å². The number of rotatable bonds is 6. The third-order valence-corrected chi connectivity index (χ3v) is 9.19. The molecule has 1 aromatic heterocycles. The third kappa shape index (κ3) is 4.30. The van der Waals surface area contributed by atoms with Gasteiger partial charge < -0.3 is 10.2 Å². The molecule has 2 N–H and O–H groups in total. The van der Waals surface area contributed by atoms with Gasteiger partial charge in [0.1, 0.15) is 6.04 Å². The van der Waals surface area contributed by atoms with Gasteiger partial charge in [0.05, 0.1) is 11.3 Å². The Balaban J connectivity index is 1.09. The first-order valence-corrected chi connectivity index (χ1v) is 13.6. The van der Waals surface area contributed by atoms with Gasteiger partial charge in [0.2, 0.25) is 11.8 Å². The number of aromatic nitrogens is 1. The number of piperidine rings is 1. The molecule has 6 rings (SSSR count). The van der Waals surface area contributed by atoms with Crippen LogP contribution in [0.25, 0.3) is 0 Å². The van der Waals surface area contributed by atoms with E-state index in [0.717, 1.165) is 28.5 Å². The zero-order valence-corrected chi connectivity index (χ0v) is 20.7. The van der Waals surface area contributed by atoms with Crippen molar-refractivity contribution in [1.29, 1.82) is 0 Å². The summed E-state index contributed by atoms with van der Waals surface area (Å²) in [5.74, 6) is 1.08. The summed E-state index contributed by atoms with van der Waals surface area (Å²) >= 11 is 1.58. The summed E-state index contributed by atoms with van der Waals surface area (Å²) in [6.45, 7) is 0.346. The molecule has 2 aromatic rings. The van der Waals surface area contributed by atoms with E-state index in [1.165, 1.54) is 19.3 Å². The maximum atomic E-state index is 13.0. The van der Waals surface area contributed by atoms with Crippen LogP contribution in [-0.2, 0) is 21.9 Å². The monoisotopic (exact) mass is 504 g/mol. The van der Waals surface area contributed by atoms with Gasteiger partial charge in [-0.3, -0.25) is 29.5 Å². The van der Waals surface area contributed by atoms with E-state index in [4.69, 9.17) is 0 Å². The van der Waals surface area contributed by atoms with Crippen LogP contribution in [0.3, 0.4) is 0 Å². The first-order chi connectivity index (χ1) is 17.5. The number of carbonyl (C=O) groups excluding carboxylic acids is 4. The fourth-order valence-electron chi connectivity index (χ4n) is 6.16. The lowest BCUT2D eigenvalue weighted by Gasteiger charge is -2.29. The highest BCUT2D eigenvalue weighted by Crippen LogP contribution is 2.44. The largest absolute Gasteiger partial charge is 0.349 e. The molecule has 1 saturated heterocycles. The second kappa shape index (κ2) is 9.35. The highest BCUT2D eigenvalue weighted by atomic mass is 32.2. The number of carbonyl (C=O) groups is 4. The predicted octanol–water partition coefficient (Wildman–Crippen LogP) is 3.05. The van der Waals surface area contributed by atoms with Gasteiger partial charge in [0.25, 0.3) is 11.8 Å². The highest BCUT2D eigenvalue weighted by Gasteiger charge is 2.41. The number of pyridine rings is 1. The molecule has 2 saturated carbocycles. The molecular weight excluding hydrogens is 476 g/mol. The quantitative estimate of drug-likeness (QED) is 0.462. The Kier molecular flexibility index (Phi) is 6.03. The topological polar surface area (TPSA) is 108 Å². The molecule has 1 aromatic carbocycles. The number of imide groups is 1. The number of hydrogen-bond acceptors (Lipinski definition) is 6. The highest BCUT2D eigenvalue weighted by molar-refractivity contribution is 7.98.